The normalized spacial score (nSPS) is 40.6. The van der Waals surface area contributed by atoms with Gasteiger partial charge in [0, 0.05) is 6.42 Å². The average Bonchev–Trinajstić information content (AvgIpc) is 2.40. The zero-order valence-corrected chi connectivity index (χ0v) is 7.12. The second-order valence-corrected chi connectivity index (χ2v) is 3.99. The van der Waals surface area contributed by atoms with Crippen LogP contribution in [0.4, 0.5) is 0 Å². The number of hydrogen-bond acceptors (Lipinski definition) is 2. The third kappa shape index (κ3) is 1.04. The van der Waals surface area contributed by atoms with Crippen LogP contribution in [-0.2, 0) is 4.79 Å². The molecule has 0 bridgehead atoms. The van der Waals surface area contributed by atoms with Crippen molar-refractivity contribution in [1.82, 2.24) is 0 Å². The van der Waals surface area contributed by atoms with Crippen LogP contribution < -0.4 is 0 Å². The fraction of sp³-hybridized carbons (Fsp3) is 0.800. The second-order valence-electron chi connectivity index (χ2n) is 3.99. The molecule has 3 atom stereocenters. The van der Waals surface area contributed by atoms with E-state index in [0.717, 1.165) is 6.42 Å². The predicted octanol–water partition coefficient (Wildman–Crippen LogP) is 1.91. The van der Waals surface area contributed by atoms with Crippen molar-refractivity contribution in [3.8, 4) is 6.07 Å². The maximum Gasteiger partial charge on any atom is 0.150 e. The lowest BCUT2D eigenvalue weighted by Gasteiger charge is -2.25. The SMILES string of the molecule is N#C[C@@H]1C(=O)C[C@H]2CCCC[C@H]21. The molecule has 0 aromatic heterocycles. The molecule has 0 saturated heterocycles. The maximum atomic E-state index is 11.3. The number of hydrogen-bond donors (Lipinski definition) is 0. The molecule has 0 N–H and O–H groups in total. The number of carbonyl (C=O) groups is 1. The molecule has 0 aromatic carbocycles. The quantitative estimate of drug-likeness (QED) is 0.547. The minimum atomic E-state index is -0.254. The lowest BCUT2D eigenvalue weighted by Crippen LogP contribution is -2.19. The third-order valence-electron chi connectivity index (χ3n) is 3.35. The van der Waals surface area contributed by atoms with Gasteiger partial charge in [-0.3, -0.25) is 4.79 Å². The highest BCUT2D eigenvalue weighted by Crippen LogP contribution is 2.43. The Hall–Kier alpha value is -0.840. The van der Waals surface area contributed by atoms with E-state index in [1.54, 1.807) is 0 Å². The first-order valence-corrected chi connectivity index (χ1v) is 4.75. The summed E-state index contributed by atoms with van der Waals surface area (Å²) in [6.07, 6.45) is 5.44. The molecule has 2 saturated carbocycles. The Bertz CT molecular complexity index is 241. The first-order valence-electron chi connectivity index (χ1n) is 4.75. The predicted molar refractivity (Wildman–Crippen MR) is 44.2 cm³/mol. The molecule has 0 radical (unpaired) electrons. The summed E-state index contributed by atoms with van der Waals surface area (Å²) in [4.78, 5) is 11.3. The highest BCUT2D eigenvalue weighted by molar-refractivity contribution is 5.86. The molecule has 64 valence electrons. The van der Waals surface area contributed by atoms with Gasteiger partial charge in [0.15, 0.2) is 5.78 Å². The van der Waals surface area contributed by atoms with E-state index in [2.05, 4.69) is 6.07 Å². The Kier molecular flexibility index (Phi) is 1.88. The molecule has 2 aliphatic rings. The smallest absolute Gasteiger partial charge is 0.150 e. The lowest BCUT2D eigenvalue weighted by molar-refractivity contribution is -0.119. The molecule has 12 heavy (non-hydrogen) atoms. The zero-order valence-electron chi connectivity index (χ0n) is 7.12. The van der Waals surface area contributed by atoms with Gasteiger partial charge in [0.2, 0.25) is 0 Å². The van der Waals surface area contributed by atoms with E-state index >= 15 is 0 Å². The van der Waals surface area contributed by atoms with Gasteiger partial charge in [0.25, 0.3) is 0 Å². The Morgan fingerprint density at radius 2 is 2.08 bits per heavy atom. The summed E-state index contributed by atoms with van der Waals surface area (Å²) in [6.45, 7) is 0. The van der Waals surface area contributed by atoms with E-state index in [0.29, 0.717) is 18.3 Å². The number of carbonyl (C=O) groups excluding carboxylic acids is 1. The number of nitriles is 1. The van der Waals surface area contributed by atoms with Crippen LogP contribution in [-0.4, -0.2) is 5.78 Å². The van der Waals surface area contributed by atoms with Crippen molar-refractivity contribution in [2.24, 2.45) is 17.8 Å². The van der Waals surface area contributed by atoms with E-state index in [9.17, 15) is 4.79 Å². The van der Waals surface area contributed by atoms with E-state index in [-0.39, 0.29) is 11.7 Å². The van der Waals surface area contributed by atoms with Gasteiger partial charge < -0.3 is 0 Å². The highest BCUT2D eigenvalue weighted by atomic mass is 16.1. The minimum Gasteiger partial charge on any atom is -0.298 e. The van der Waals surface area contributed by atoms with E-state index in [1.807, 2.05) is 0 Å². The molecular weight excluding hydrogens is 150 g/mol. The maximum absolute atomic E-state index is 11.3. The van der Waals surface area contributed by atoms with Gasteiger partial charge in [0.1, 0.15) is 5.92 Å². The summed E-state index contributed by atoms with van der Waals surface area (Å²) in [7, 11) is 0. The summed E-state index contributed by atoms with van der Waals surface area (Å²) in [6, 6.07) is 2.16. The summed E-state index contributed by atoms with van der Waals surface area (Å²) in [5.74, 6) is 0.914. The van der Waals surface area contributed by atoms with Gasteiger partial charge in [-0.15, -0.1) is 0 Å². The van der Waals surface area contributed by atoms with Crippen molar-refractivity contribution in [2.45, 2.75) is 32.1 Å². The molecular formula is C10H13NO. The lowest BCUT2D eigenvalue weighted by atomic mass is 9.78. The summed E-state index contributed by atoms with van der Waals surface area (Å²) in [5, 5.41) is 8.80. The summed E-state index contributed by atoms with van der Waals surface area (Å²) >= 11 is 0. The average molecular weight is 163 g/mol. The van der Waals surface area contributed by atoms with Crippen molar-refractivity contribution in [2.75, 3.05) is 0 Å². The van der Waals surface area contributed by atoms with Crippen molar-refractivity contribution in [1.29, 1.82) is 5.26 Å². The van der Waals surface area contributed by atoms with Gasteiger partial charge in [-0.05, 0) is 24.7 Å². The monoisotopic (exact) mass is 163 g/mol. The van der Waals surface area contributed by atoms with Crippen LogP contribution in [0.15, 0.2) is 0 Å². The number of rotatable bonds is 0. The van der Waals surface area contributed by atoms with Crippen LogP contribution in [0.2, 0.25) is 0 Å². The Labute approximate surface area is 72.6 Å². The largest absolute Gasteiger partial charge is 0.298 e. The minimum absolute atomic E-state index is 0.203. The topological polar surface area (TPSA) is 40.9 Å². The number of nitrogens with zero attached hydrogens (tertiary/aromatic N) is 1. The van der Waals surface area contributed by atoms with Crippen molar-refractivity contribution in [3.05, 3.63) is 0 Å². The van der Waals surface area contributed by atoms with Crippen LogP contribution in [0.5, 0.6) is 0 Å². The molecule has 2 heteroatoms. The van der Waals surface area contributed by atoms with E-state index in [4.69, 9.17) is 5.26 Å². The molecule has 0 spiro atoms. The van der Waals surface area contributed by atoms with Crippen LogP contribution in [0.3, 0.4) is 0 Å². The first-order chi connectivity index (χ1) is 5.83. The highest BCUT2D eigenvalue weighted by Gasteiger charge is 2.43. The number of Topliss-reactive ketones (excluding diaryl/α,β-unsaturated/α-hetero) is 1. The Morgan fingerprint density at radius 3 is 2.83 bits per heavy atom. The molecule has 2 aliphatic carbocycles. The zero-order chi connectivity index (χ0) is 8.55. The molecule has 0 aliphatic heterocycles. The Morgan fingerprint density at radius 1 is 1.33 bits per heavy atom. The molecule has 0 unspecified atom stereocenters. The van der Waals surface area contributed by atoms with Crippen molar-refractivity contribution >= 4 is 5.78 Å². The van der Waals surface area contributed by atoms with Crippen LogP contribution in [0.1, 0.15) is 32.1 Å². The van der Waals surface area contributed by atoms with Crippen molar-refractivity contribution in [3.63, 3.8) is 0 Å². The van der Waals surface area contributed by atoms with Gasteiger partial charge in [-0.2, -0.15) is 5.26 Å². The number of fused-ring (bicyclic) bond motifs is 1. The van der Waals surface area contributed by atoms with Crippen LogP contribution >= 0.6 is 0 Å². The molecule has 0 heterocycles. The van der Waals surface area contributed by atoms with Crippen LogP contribution in [0, 0.1) is 29.1 Å². The third-order valence-corrected chi connectivity index (χ3v) is 3.35. The fourth-order valence-electron chi connectivity index (χ4n) is 2.72. The summed E-state index contributed by atoms with van der Waals surface area (Å²) in [5.41, 5.74) is 0. The molecule has 2 rings (SSSR count). The Balaban J connectivity index is 2.17. The molecule has 2 nitrogen and oxygen atoms in total. The van der Waals surface area contributed by atoms with Gasteiger partial charge in [-0.25, -0.2) is 0 Å². The molecule has 2 fully saturated rings. The van der Waals surface area contributed by atoms with E-state index in [1.165, 1.54) is 19.3 Å². The molecule has 0 aromatic rings. The van der Waals surface area contributed by atoms with Gasteiger partial charge >= 0.3 is 0 Å². The van der Waals surface area contributed by atoms with E-state index < -0.39 is 0 Å². The standard InChI is InChI=1S/C10H13NO/c11-6-9-8-4-2-1-3-7(8)5-10(9)12/h7-9H,1-5H2/t7-,8-,9+/m1/s1. The van der Waals surface area contributed by atoms with Gasteiger partial charge in [0.05, 0.1) is 6.07 Å². The number of ketones is 1. The fourth-order valence-corrected chi connectivity index (χ4v) is 2.72. The molecule has 0 amide bonds. The first kappa shape index (κ1) is 7.79. The summed E-state index contributed by atoms with van der Waals surface area (Å²) < 4.78 is 0. The van der Waals surface area contributed by atoms with Crippen LogP contribution in [0.25, 0.3) is 0 Å². The van der Waals surface area contributed by atoms with Crippen molar-refractivity contribution < 1.29 is 4.79 Å². The second kappa shape index (κ2) is 2.90. The van der Waals surface area contributed by atoms with Gasteiger partial charge in [-0.1, -0.05) is 12.8 Å².